The molecule has 0 aromatic carbocycles. The molecule has 6 nitrogen and oxygen atoms in total. The van der Waals surface area contributed by atoms with E-state index in [4.69, 9.17) is 4.74 Å². The van der Waals surface area contributed by atoms with Gasteiger partial charge in [0.15, 0.2) is 5.96 Å². The molecule has 0 unspecified atom stereocenters. The van der Waals surface area contributed by atoms with Gasteiger partial charge < -0.3 is 15.4 Å². The van der Waals surface area contributed by atoms with Gasteiger partial charge in [0.1, 0.15) is 0 Å². The Kier molecular flexibility index (Phi) is 5.35. The van der Waals surface area contributed by atoms with Gasteiger partial charge in [-0.3, -0.25) is 9.67 Å². The fourth-order valence-corrected chi connectivity index (χ4v) is 1.24. The second-order valence-corrected chi connectivity index (χ2v) is 3.29. The fraction of sp³-hybridized carbons (Fsp3) is 0.600. The third-order valence-corrected chi connectivity index (χ3v) is 2.18. The molecule has 0 saturated carbocycles. The van der Waals surface area contributed by atoms with E-state index in [1.54, 1.807) is 20.4 Å². The quantitative estimate of drug-likeness (QED) is 0.411. The van der Waals surface area contributed by atoms with Crippen molar-refractivity contribution in [3.8, 4) is 0 Å². The van der Waals surface area contributed by atoms with Gasteiger partial charge in [-0.25, -0.2) is 0 Å². The number of rotatable bonds is 5. The molecule has 1 rings (SSSR count). The van der Waals surface area contributed by atoms with Gasteiger partial charge in [-0.2, -0.15) is 5.10 Å². The van der Waals surface area contributed by atoms with Crippen LogP contribution in [-0.4, -0.2) is 43.0 Å². The summed E-state index contributed by atoms with van der Waals surface area (Å²) in [5, 5.41) is 10.4. The molecule has 0 aliphatic carbocycles. The Morgan fingerprint density at radius 2 is 2.38 bits per heavy atom. The van der Waals surface area contributed by atoms with Crippen LogP contribution in [0.25, 0.3) is 0 Å². The van der Waals surface area contributed by atoms with Gasteiger partial charge in [0.2, 0.25) is 0 Å². The van der Waals surface area contributed by atoms with Gasteiger partial charge in [0.25, 0.3) is 0 Å². The predicted molar refractivity (Wildman–Crippen MR) is 63.3 cm³/mol. The van der Waals surface area contributed by atoms with Crippen molar-refractivity contribution in [2.24, 2.45) is 12.0 Å². The third-order valence-electron chi connectivity index (χ3n) is 2.18. The van der Waals surface area contributed by atoms with Gasteiger partial charge in [0, 0.05) is 33.9 Å². The highest BCUT2D eigenvalue weighted by molar-refractivity contribution is 5.79. The van der Waals surface area contributed by atoms with Gasteiger partial charge in [-0.15, -0.1) is 0 Å². The number of aromatic nitrogens is 2. The van der Waals surface area contributed by atoms with Gasteiger partial charge >= 0.3 is 0 Å². The topological polar surface area (TPSA) is 63.5 Å². The number of guanidine groups is 1. The van der Waals surface area contributed by atoms with Gasteiger partial charge in [0.05, 0.1) is 18.8 Å². The zero-order chi connectivity index (χ0) is 11.8. The van der Waals surface area contributed by atoms with Crippen LogP contribution in [0.15, 0.2) is 17.3 Å². The SMILES string of the molecule is CN=C(NCCOC)NCc1ccnn1C. The molecule has 0 radical (unpaired) electrons. The molecule has 0 saturated heterocycles. The van der Waals surface area contributed by atoms with E-state index in [1.807, 2.05) is 17.8 Å². The molecule has 0 aliphatic heterocycles. The van der Waals surface area contributed by atoms with E-state index in [0.29, 0.717) is 13.2 Å². The molecule has 0 spiro atoms. The van der Waals surface area contributed by atoms with Crippen molar-refractivity contribution in [3.63, 3.8) is 0 Å². The summed E-state index contributed by atoms with van der Waals surface area (Å²) in [4.78, 5) is 4.10. The van der Waals surface area contributed by atoms with Crippen molar-refractivity contribution in [3.05, 3.63) is 18.0 Å². The monoisotopic (exact) mass is 225 g/mol. The maximum absolute atomic E-state index is 4.95. The number of aliphatic imine (C=N–C) groups is 1. The summed E-state index contributed by atoms with van der Waals surface area (Å²) in [6.45, 7) is 2.09. The first-order chi connectivity index (χ1) is 7.77. The predicted octanol–water partition coefficient (Wildman–Crippen LogP) is -0.268. The molecule has 1 aromatic heterocycles. The minimum atomic E-state index is 0.659. The molecular weight excluding hydrogens is 206 g/mol. The minimum Gasteiger partial charge on any atom is -0.383 e. The van der Waals surface area contributed by atoms with Gasteiger partial charge in [-0.05, 0) is 6.07 Å². The van der Waals surface area contributed by atoms with E-state index in [0.717, 1.165) is 18.2 Å². The average molecular weight is 225 g/mol. The lowest BCUT2D eigenvalue weighted by Gasteiger charge is -2.11. The molecule has 0 amide bonds. The van der Waals surface area contributed by atoms with Crippen LogP contribution >= 0.6 is 0 Å². The number of nitrogens with one attached hydrogen (secondary N) is 2. The summed E-state index contributed by atoms with van der Waals surface area (Å²) in [6.07, 6.45) is 1.78. The van der Waals surface area contributed by atoms with Crippen molar-refractivity contribution in [2.75, 3.05) is 27.3 Å². The van der Waals surface area contributed by atoms with Crippen molar-refractivity contribution in [2.45, 2.75) is 6.54 Å². The Balaban J connectivity index is 2.32. The molecule has 0 bridgehead atoms. The first-order valence-electron chi connectivity index (χ1n) is 5.18. The summed E-state index contributed by atoms with van der Waals surface area (Å²) in [5.74, 6) is 0.762. The van der Waals surface area contributed by atoms with Crippen LogP contribution in [0.3, 0.4) is 0 Å². The second kappa shape index (κ2) is 6.84. The second-order valence-electron chi connectivity index (χ2n) is 3.29. The molecule has 0 fully saturated rings. The number of methoxy groups -OCH3 is 1. The standard InChI is InChI=1S/C10H19N5O/c1-11-10(12-6-7-16-3)13-8-9-4-5-14-15(9)2/h4-5H,6-8H2,1-3H3,(H2,11,12,13). The van der Waals surface area contributed by atoms with E-state index in [1.165, 1.54) is 0 Å². The highest BCUT2D eigenvalue weighted by atomic mass is 16.5. The summed E-state index contributed by atoms with van der Waals surface area (Å²) < 4.78 is 6.78. The number of ether oxygens (including phenoxy) is 1. The molecule has 0 atom stereocenters. The molecule has 0 aliphatic rings. The van der Waals surface area contributed by atoms with Crippen molar-refractivity contribution in [1.29, 1.82) is 0 Å². The Morgan fingerprint density at radius 3 is 2.94 bits per heavy atom. The fourth-order valence-electron chi connectivity index (χ4n) is 1.24. The third kappa shape index (κ3) is 3.90. The van der Waals surface area contributed by atoms with Crippen LogP contribution < -0.4 is 10.6 Å². The molecule has 1 heterocycles. The molecule has 2 N–H and O–H groups in total. The molecule has 16 heavy (non-hydrogen) atoms. The zero-order valence-corrected chi connectivity index (χ0v) is 10.0. The Morgan fingerprint density at radius 1 is 1.56 bits per heavy atom. The van der Waals surface area contributed by atoms with Crippen molar-refractivity contribution >= 4 is 5.96 Å². The number of hydrogen-bond acceptors (Lipinski definition) is 3. The summed E-state index contributed by atoms with van der Waals surface area (Å²) >= 11 is 0. The lowest BCUT2D eigenvalue weighted by molar-refractivity contribution is 0.203. The minimum absolute atomic E-state index is 0.659. The molecule has 6 heteroatoms. The first kappa shape index (κ1) is 12.5. The maximum Gasteiger partial charge on any atom is 0.191 e. The van der Waals surface area contributed by atoms with E-state index in [9.17, 15) is 0 Å². The lowest BCUT2D eigenvalue weighted by atomic mass is 10.4. The van der Waals surface area contributed by atoms with E-state index >= 15 is 0 Å². The van der Waals surface area contributed by atoms with Crippen LogP contribution in [0.5, 0.6) is 0 Å². The zero-order valence-electron chi connectivity index (χ0n) is 10.0. The highest BCUT2D eigenvalue weighted by Gasteiger charge is 2.00. The van der Waals surface area contributed by atoms with Crippen molar-refractivity contribution < 1.29 is 4.74 Å². The van der Waals surface area contributed by atoms with Crippen molar-refractivity contribution in [1.82, 2.24) is 20.4 Å². The van der Waals surface area contributed by atoms with Crippen LogP contribution in [0.4, 0.5) is 0 Å². The Hall–Kier alpha value is -1.56. The van der Waals surface area contributed by atoms with E-state index < -0.39 is 0 Å². The first-order valence-corrected chi connectivity index (χ1v) is 5.18. The number of hydrogen-bond donors (Lipinski definition) is 2. The van der Waals surface area contributed by atoms with E-state index in [-0.39, 0.29) is 0 Å². The lowest BCUT2D eigenvalue weighted by Crippen LogP contribution is -2.38. The number of aryl methyl sites for hydroxylation is 1. The van der Waals surface area contributed by atoms with Crippen LogP contribution in [0.2, 0.25) is 0 Å². The maximum atomic E-state index is 4.95. The molecule has 90 valence electrons. The highest BCUT2D eigenvalue weighted by Crippen LogP contribution is 1.94. The van der Waals surface area contributed by atoms with Crippen LogP contribution in [-0.2, 0) is 18.3 Å². The molecular formula is C10H19N5O. The summed E-state index contributed by atoms with van der Waals surface area (Å²) in [7, 11) is 5.33. The van der Waals surface area contributed by atoms with E-state index in [2.05, 4.69) is 20.7 Å². The average Bonchev–Trinajstić information content (AvgIpc) is 2.69. The summed E-state index contributed by atoms with van der Waals surface area (Å²) in [6, 6.07) is 1.97. The Bertz CT molecular complexity index is 334. The normalized spacial score (nSPS) is 11.6. The smallest absolute Gasteiger partial charge is 0.191 e. The largest absolute Gasteiger partial charge is 0.383 e. The number of nitrogens with zero attached hydrogens (tertiary/aromatic N) is 3. The van der Waals surface area contributed by atoms with Crippen LogP contribution in [0.1, 0.15) is 5.69 Å². The molecule has 1 aromatic rings. The Labute approximate surface area is 95.7 Å². The van der Waals surface area contributed by atoms with Gasteiger partial charge in [-0.1, -0.05) is 0 Å². The summed E-state index contributed by atoms with van der Waals surface area (Å²) in [5.41, 5.74) is 1.11. The van der Waals surface area contributed by atoms with Crippen LogP contribution in [0, 0.1) is 0 Å².